The minimum atomic E-state index is -3.64. The second kappa shape index (κ2) is 7.26. The number of sulfonamides is 1. The van der Waals surface area contributed by atoms with E-state index in [0.717, 1.165) is 44.1 Å². The highest BCUT2D eigenvalue weighted by Crippen LogP contribution is 2.40. The summed E-state index contributed by atoms with van der Waals surface area (Å²) in [4.78, 5) is 2.66. The van der Waals surface area contributed by atoms with Gasteiger partial charge in [-0.25, -0.2) is 8.42 Å². The number of ether oxygens (including phenoxy) is 1. The molecule has 3 heterocycles. The molecule has 0 N–H and O–H groups in total. The monoisotopic (exact) mass is 390 g/mol. The van der Waals surface area contributed by atoms with Gasteiger partial charge < -0.3 is 4.74 Å². The summed E-state index contributed by atoms with van der Waals surface area (Å²) in [7, 11) is -3.64. The van der Waals surface area contributed by atoms with Crippen molar-refractivity contribution in [3.05, 3.63) is 41.7 Å². The summed E-state index contributed by atoms with van der Waals surface area (Å²) in [6.07, 6.45) is 1.64. The molecule has 2 aromatic rings. The third-order valence-corrected chi connectivity index (χ3v) is 7.29. The quantitative estimate of drug-likeness (QED) is 0.779. The lowest BCUT2D eigenvalue weighted by molar-refractivity contribution is 0.0357. The van der Waals surface area contributed by atoms with Crippen LogP contribution in [-0.4, -0.2) is 62.5 Å². The number of rotatable bonds is 5. The standard InChI is InChI=1S/C19H26N4O3S/c1-3-22-14-19(15(2)20-22)27(24,25)23-13-16(12-21-8-10-26-11-9-21)17-6-4-5-7-18(17)23/h4-7,14,16H,3,8-13H2,1-2H3/t16-/m1/s1. The van der Waals surface area contributed by atoms with Gasteiger partial charge in [-0.1, -0.05) is 18.2 Å². The molecule has 8 heteroatoms. The molecule has 146 valence electrons. The third kappa shape index (κ3) is 3.37. The van der Waals surface area contributed by atoms with Crippen molar-refractivity contribution in [1.82, 2.24) is 14.7 Å². The lowest BCUT2D eigenvalue weighted by atomic mass is 10.0. The van der Waals surface area contributed by atoms with Crippen molar-refractivity contribution in [2.75, 3.05) is 43.7 Å². The number of fused-ring (bicyclic) bond motifs is 1. The maximum Gasteiger partial charge on any atom is 0.267 e. The van der Waals surface area contributed by atoms with Gasteiger partial charge in [0.05, 0.1) is 24.6 Å². The molecule has 7 nitrogen and oxygen atoms in total. The first-order chi connectivity index (χ1) is 13.0. The van der Waals surface area contributed by atoms with Crippen molar-refractivity contribution in [3.63, 3.8) is 0 Å². The van der Waals surface area contributed by atoms with Gasteiger partial charge in [0.15, 0.2) is 0 Å². The van der Waals surface area contributed by atoms with E-state index >= 15 is 0 Å². The minimum Gasteiger partial charge on any atom is -0.379 e. The molecule has 1 aromatic carbocycles. The average molecular weight is 391 g/mol. The molecule has 0 saturated carbocycles. The van der Waals surface area contributed by atoms with Crippen LogP contribution in [0.25, 0.3) is 0 Å². The van der Waals surface area contributed by atoms with Gasteiger partial charge in [0.25, 0.3) is 10.0 Å². The second-order valence-corrected chi connectivity index (χ2v) is 8.97. The average Bonchev–Trinajstić information content (AvgIpc) is 3.24. The molecular formula is C19H26N4O3S. The van der Waals surface area contributed by atoms with E-state index in [1.165, 1.54) is 0 Å². The van der Waals surface area contributed by atoms with Crippen LogP contribution in [0, 0.1) is 6.92 Å². The van der Waals surface area contributed by atoms with Crippen molar-refractivity contribution in [2.45, 2.75) is 31.2 Å². The zero-order valence-corrected chi connectivity index (χ0v) is 16.7. The Morgan fingerprint density at radius 2 is 1.96 bits per heavy atom. The topological polar surface area (TPSA) is 67.7 Å². The first-order valence-electron chi connectivity index (χ1n) is 9.46. The van der Waals surface area contributed by atoms with Crippen LogP contribution >= 0.6 is 0 Å². The van der Waals surface area contributed by atoms with Crippen LogP contribution in [-0.2, 0) is 21.3 Å². The summed E-state index contributed by atoms with van der Waals surface area (Å²) >= 11 is 0. The number of aromatic nitrogens is 2. The fourth-order valence-corrected chi connectivity index (χ4v) is 5.68. The number of aryl methyl sites for hydroxylation is 2. The Labute approximate surface area is 160 Å². The largest absolute Gasteiger partial charge is 0.379 e. The molecule has 2 aliphatic heterocycles. The van der Waals surface area contributed by atoms with Crippen LogP contribution in [0.1, 0.15) is 24.1 Å². The van der Waals surface area contributed by atoms with Gasteiger partial charge in [0.2, 0.25) is 0 Å². The first-order valence-corrected chi connectivity index (χ1v) is 10.9. The number of hydrogen-bond acceptors (Lipinski definition) is 5. The highest BCUT2D eigenvalue weighted by Gasteiger charge is 2.38. The predicted octanol–water partition coefficient (Wildman–Crippen LogP) is 1.84. The van der Waals surface area contributed by atoms with Gasteiger partial charge in [-0.3, -0.25) is 13.9 Å². The fraction of sp³-hybridized carbons (Fsp3) is 0.526. The molecule has 1 fully saturated rings. The van der Waals surface area contributed by atoms with Gasteiger partial charge in [-0.2, -0.15) is 5.10 Å². The number of hydrogen-bond donors (Lipinski definition) is 0. The SMILES string of the molecule is CCn1cc(S(=O)(=O)N2C[C@@H](CN3CCOCC3)c3ccccc32)c(C)n1. The highest BCUT2D eigenvalue weighted by molar-refractivity contribution is 7.93. The van der Waals surface area contributed by atoms with Crippen LogP contribution in [0.2, 0.25) is 0 Å². The summed E-state index contributed by atoms with van der Waals surface area (Å²) in [6, 6.07) is 7.85. The first kappa shape index (κ1) is 18.5. The van der Waals surface area contributed by atoms with E-state index in [-0.39, 0.29) is 5.92 Å². The van der Waals surface area contributed by atoms with E-state index in [9.17, 15) is 8.42 Å². The van der Waals surface area contributed by atoms with Gasteiger partial charge in [-0.15, -0.1) is 0 Å². The Morgan fingerprint density at radius 1 is 1.22 bits per heavy atom. The van der Waals surface area contributed by atoms with Crippen LogP contribution in [0.3, 0.4) is 0 Å². The molecule has 27 heavy (non-hydrogen) atoms. The lowest BCUT2D eigenvalue weighted by Crippen LogP contribution is -2.40. The number of anilines is 1. The second-order valence-electron chi connectivity index (χ2n) is 7.14. The molecule has 1 aromatic heterocycles. The van der Waals surface area contributed by atoms with E-state index in [4.69, 9.17) is 4.74 Å². The van der Waals surface area contributed by atoms with E-state index in [1.807, 2.05) is 25.1 Å². The van der Waals surface area contributed by atoms with Crippen molar-refractivity contribution in [1.29, 1.82) is 0 Å². The number of morpholine rings is 1. The summed E-state index contributed by atoms with van der Waals surface area (Å²) < 4.78 is 35.5. The van der Waals surface area contributed by atoms with Crippen molar-refractivity contribution < 1.29 is 13.2 Å². The van der Waals surface area contributed by atoms with Crippen LogP contribution in [0.15, 0.2) is 35.4 Å². The molecule has 0 radical (unpaired) electrons. The fourth-order valence-electron chi connectivity index (χ4n) is 3.97. The number of benzene rings is 1. The molecule has 1 atom stereocenters. The molecule has 0 bridgehead atoms. The van der Waals surface area contributed by atoms with E-state index < -0.39 is 10.0 Å². The maximum absolute atomic E-state index is 13.4. The molecule has 1 saturated heterocycles. The van der Waals surface area contributed by atoms with Gasteiger partial charge >= 0.3 is 0 Å². The lowest BCUT2D eigenvalue weighted by Gasteiger charge is -2.29. The van der Waals surface area contributed by atoms with Gasteiger partial charge in [0, 0.05) is 44.8 Å². The Morgan fingerprint density at radius 3 is 2.67 bits per heavy atom. The van der Waals surface area contributed by atoms with Crippen LogP contribution in [0.5, 0.6) is 0 Å². The number of para-hydroxylation sites is 1. The maximum atomic E-state index is 13.4. The molecular weight excluding hydrogens is 364 g/mol. The van der Waals surface area contributed by atoms with Crippen LogP contribution < -0.4 is 4.31 Å². The Bertz CT molecular complexity index is 919. The van der Waals surface area contributed by atoms with E-state index in [0.29, 0.717) is 23.7 Å². The number of nitrogens with zero attached hydrogens (tertiary/aromatic N) is 4. The molecule has 2 aliphatic rings. The summed E-state index contributed by atoms with van der Waals surface area (Å²) in [5.74, 6) is 0.163. The third-order valence-electron chi connectivity index (χ3n) is 5.41. The molecule has 0 amide bonds. The van der Waals surface area contributed by atoms with Crippen molar-refractivity contribution >= 4 is 15.7 Å². The smallest absolute Gasteiger partial charge is 0.267 e. The summed E-state index contributed by atoms with van der Waals surface area (Å²) in [5, 5.41) is 4.32. The van der Waals surface area contributed by atoms with Crippen molar-refractivity contribution in [2.24, 2.45) is 0 Å². The molecule has 0 unspecified atom stereocenters. The van der Waals surface area contributed by atoms with Gasteiger partial charge in [0.1, 0.15) is 4.90 Å². The van der Waals surface area contributed by atoms with E-state index in [1.54, 1.807) is 22.1 Å². The Hall–Kier alpha value is -1.90. The highest BCUT2D eigenvalue weighted by atomic mass is 32.2. The Balaban J connectivity index is 1.66. The van der Waals surface area contributed by atoms with Crippen molar-refractivity contribution in [3.8, 4) is 0 Å². The zero-order valence-electron chi connectivity index (χ0n) is 15.8. The van der Waals surface area contributed by atoms with E-state index in [2.05, 4.69) is 16.1 Å². The normalized spacial score (nSPS) is 20.8. The Kier molecular flexibility index (Phi) is 4.96. The molecule has 0 aliphatic carbocycles. The minimum absolute atomic E-state index is 0.163. The van der Waals surface area contributed by atoms with Crippen LogP contribution in [0.4, 0.5) is 5.69 Å². The zero-order chi connectivity index (χ0) is 19.0. The predicted molar refractivity (Wildman–Crippen MR) is 104 cm³/mol. The molecule has 4 rings (SSSR count). The van der Waals surface area contributed by atoms with Gasteiger partial charge in [-0.05, 0) is 25.5 Å². The summed E-state index contributed by atoms with van der Waals surface area (Å²) in [5.41, 5.74) is 2.44. The molecule has 0 spiro atoms. The summed E-state index contributed by atoms with van der Waals surface area (Å²) in [6.45, 7) is 8.94.